The number of rotatable bonds is 3. The smallest absolute Gasteiger partial charge is 0.179 e. The average Bonchev–Trinajstić information content (AvgIpc) is 2.70. The van der Waals surface area contributed by atoms with E-state index in [1.54, 1.807) is 6.07 Å². The molecular weight excluding hydrogens is 310 g/mol. The molecule has 17 heavy (non-hydrogen) atoms. The summed E-state index contributed by atoms with van der Waals surface area (Å²) in [5.74, 6) is -0.733. The van der Waals surface area contributed by atoms with Crippen LogP contribution in [0.1, 0.15) is 15.9 Å². The third-order valence-corrected chi connectivity index (χ3v) is 3.29. The van der Waals surface area contributed by atoms with Crippen molar-refractivity contribution in [1.82, 2.24) is 0 Å². The second kappa shape index (κ2) is 5.02. The first-order valence-corrected chi connectivity index (χ1v) is 5.95. The van der Waals surface area contributed by atoms with Crippen molar-refractivity contribution in [2.45, 2.75) is 6.42 Å². The highest BCUT2D eigenvalue weighted by Crippen LogP contribution is 2.24. The van der Waals surface area contributed by atoms with Crippen LogP contribution >= 0.6 is 27.5 Å². The van der Waals surface area contributed by atoms with Crippen LogP contribution in [0.3, 0.4) is 0 Å². The van der Waals surface area contributed by atoms with Gasteiger partial charge in [-0.2, -0.15) is 0 Å². The summed E-state index contributed by atoms with van der Waals surface area (Å²) in [6.45, 7) is 0. The van der Waals surface area contributed by atoms with Crippen molar-refractivity contribution in [3.63, 3.8) is 0 Å². The predicted octanol–water partition coefficient (Wildman–Crippen LogP) is 4.26. The van der Waals surface area contributed by atoms with Crippen molar-refractivity contribution >= 4 is 33.3 Å². The molecule has 5 heteroatoms. The number of hydrogen-bond acceptors (Lipinski definition) is 2. The molecule has 0 saturated heterocycles. The van der Waals surface area contributed by atoms with Crippen LogP contribution < -0.4 is 0 Å². The van der Waals surface area contributed by atoms with Crippen LogP contribution in [0.25, 0.3) is 0 Å². The Morgan fingerprint density at radius 2 is 2.18 bits per heavy atom. The quantitative estimate of drug-likeness (QED) is 0.792. The van der Waals surface area contributed by atoms with E-state index in [0.29, 0.717) is 10.2 Å². The van der Waals surface area contributed by atoms with Gasteiger partial charge in [0.1, 0.15) is 5.82 Å². The minimum Gasteiger partial charge on any atom is -0.457 e. The maximum Gasteiger partial charge on any atom is 0.179 e. The Morgan fingerprint density at radius 1 is 1.41 bits per heavy atom. The molecule has 0 aliphatic heterocycles. The monoisotopic (exact) mass is 316 g/mol. The van der Waals surface area contributed by atoms with E-state index in [4.69, 9.17) is 16.0 Å². The standard InChI is InChI=1S/C12H7BrClFO2/c13-12-7(4-5-17-12)11(16)6-8-9(14)2-1-3-10(8)15/h1-5H,6H2. The van der Waals surface area contributed by atoms with Gasteiger partial charge in [0.05, 0.1) is 11.8 Å². The lowest BCUT2D eigenvalue weighted by molar-refractivity contribution is 0.0990. The molecule has 1 aromatic carbocycles. The van der Waals surface area contributed by atoms with Gasteiger partial charge in [-0.15, -0.1) is 0 Å². The number of carbonyl (C=O) groups is 1. The van der Waals surface area contributed by atoms with Gasteiger partial charge in [0, 0.05) is 17.0 Å². The largest absolute Gasteiger partial charge is 0.457 e. The minimum atomic E-state index is -0.481. The minimum absolute atomic E-state index is 0.0936. The predicted molar refractivity (Wildman–Crippen MR) is 65.9 cm³/mol. The Morgan fingerprint density at radius 3 is 2.76 bits per heavy atom. The molecule has 0 aliphatic carbocycles. The van der Waals surface area contributed by atoms with E-state index in [9.17, 15) is 9.18 Å². The zero-order chi connectivity index (χ0) is 12.4. The van der Waals surface area contributed by atoms with Gasteiger partial charge in [0.25, 0.3) is 0 Å². The van der Waals surface area contributed by atoms with Crippen molar-refractivity contribution in [2.24, 2.45) is 0 Å². The van der Waals surface area contributed by atoms with Gasteiger partial charge >= 0.3 is 0 Å². The third kappa shape index (κ3) is 2.58. The number of furan rings is 1. The molecule has 0 unspecified atom stereocenters. The SMILES string of the molecule is O=C(Cc1c(F)cccc1Cl)c1ccoc1Br. The number of ketones is 1. The van der Waals surface area contributed by atoms with E-state index in [1.165, 1.54) is 24.5 Å². The number of Topliss-reactive ketones (excluding diaryl/α,β-unsaturated/α-hetero) is 1. The van der Waals surface area contributed by atoms with Crippen LogP contribution in [0.2, 0.25) is 5.02 Å². The molecule has 2 aromatic rings. The summed E-state index contributed by atoms with van der Waals surface area (Å²) in [5.41, 5.74) is 0.580. The summed E-state index contributed by atoms with van der Waals surface area (Å²) in [7, 11) is 0. The Kier molecular flexibility index (Phi) is 3.64. The van der Waals surface area contributed by atoms with Crippen molar-refractivity contribution in [3.05, 3.63) is 57.2 Å². The number of hydrogen-bond donors (Lipinski definition) is 0. The Labute approximate surface area is 111 Å². The molecule has 2 rings (SSSR count). The summed E-state index contributed by atoms with van der Waals surface area (Å²) < 4.78 is 18.8. The van der Waals surface area contributed by atoms with Crippen LogP contribution in [-0.2, 0) is 6.42 Å². The molecule has 0 aliphatic rings. The zero-order valence-electron chi connectivity index (χ0n) is 8.54. The number of halogens is 3. The van der Waals surface area contributed by atoms with Crippen LogP contribution in [0.15, 0.2) is 39.6 Å². The number of carbonyl (C=O) groups excluding carboxylic acids is 1. The summed E-state index contributed by atoms with van der Waals surface area (Å²) >= 11 is 8.95. The van der Waals surface area contributed by atoms with Crippen molar-refractivity contribution < 1.29 is 13.6 Å². The number of benzene rings is 1. The maximum absolute atomic E-state index is 13.5. The average molecular weight is 318 g/mol. The van der Waals surface area contributed by atoms with Gasteiger partial charge in [-0.3, -0.25) is 4.79 Å². The Hall–Kier alpha value is -1.13. The lowest BCUT2D eigenvalue weighted by atomic mass is 10.0. The molecule has 2 nitrogen and oxygen atoms in total. The molecule has 0 amide bonds. The summed E-state index contributed by atoms with van der Waals surface area (Å²) in [4.78, 5) is 11.9. The fourth-order valence-electron chi connectivity index (χ4n) is 1.45. The molecule has 1 aromatic heterocycles. The molecule has 88 valence electrons. The highest BCUT2D eigenvalue weighted by Gasteiger charge is 2.17. The molecule has 0 fully saturated rings. The van der Waals surface area contributed by atoms with Crippen LogP contribution in [0.4, 0.5) is 4.39 Å². The summed E-state index contributed by atoms with van der Waals surface area (Å²) in [6.07, 6.45) is 1.30. The molecule has 1 heterocycles. The van der Waals surface area contributed by atoms with Gasteiger partial charge < -0.3 is 4.42 Å². The second-order valence-electron chi connectivity index (χ2n) is 3.41. The second-order valence-corrected chi connectivity index (χ2v) is 4.54. The molecule has 0 spiro atoms. The maximum atomic E-state index is 13.5. The van der Waals surface area contributed by atoms with Crippen LogP contribution in [0, 0.1) is 5.82 Å². The molecule has 0 bridgehead atoms. The highest BCUT2D eigenvalue weighted by atomic mass is 79.9. The van der Waals surface area contributed by atoms with E-state index in [-0.39, 0.29) is 22.8 Å². The fourth-order valence-corrected chi connectivity index (χ4v) is 2.14. The van der Waals surface area contributed by atoms with Crippen LogP contribution in [-0.4, -0.2) is 5.78 Å². The van der Waals surface area contributed by atoms with Crippen LogP contribution in [0.5, 0.6) is 0 Å². The first kappa shape index (κ1) is 12.3. The third-order valence-electron chi connectivity index (χ3n) is 2.32. The van der Waals surface area contributed by atoms with E-state index in [0.717, 1.165) is 0 Å². The van der Waals surface area contributed by atoms with E-state index >= 15 is 0 Å². The lowest BCUT2D eigenvalue weighted by Gasteiger charge is -2.04. The first-order chi connectivity index (χ1) is 8.09. The molecule has 0 N–H and O–H groups in total. The van der Waals surface area contributed by atoms with Gasteiger partial charge in [-0.25, -0.2) is 4.39 Å². The van der Waals surface area contributed by atoms with E-state index in [1.807, 2.05) is 0 Å². The molecule has 0 saturated carbocycles. The molecule has 0 radical (unpaired) electrons. The summed E-state index contributed by atoms with van der Waals surface area (Å²) in [5, 5.41) is 0.248. The van der Waals surface area contributed by atoms with E-state index < -0.39 is 5.82 Å². The Bertz CT molecular complexity index is 545. The van der Waals surface area contributed by atoms with Gasteiger partial charge in [-0.05, 0) is 34.1 Å². The zero-order valence-corrected chi connectivity index (χ0v) is 10.9. The topological polar surface area (TPSA) is 30.2 Å². The van der Waals surface area contributed by atoms with Crippen molar-refractivity contribution in [2.75, 3.05) is 0 Å². The Balaban J connectivity index is 2.28. The van der Waals surface area contributed by atoms with Crippen molar-refractivity contribution in [3.8, 4) is 0 Å². The normalized spacial score (nSPS) is 10.5. The van der Waals surface area contributed by atoms with Gasteiger partial charge in [-0.1, -0.05) is 17.7 Å². The van der Waals surface area contributed by atoms with E-state index in [2.05, 4.69) is 15.9 Å². The fraction of sp³-hybridized carbons (Fsp3) is 0.0833. The van der Waals surface area contributed by atoms with Gasteiger partial charge in [0.15, 0.2) is 10.5 Å². The highest BCUT2D eigenvalue weighted by molar-refractivity contribution is 9.10. The summed E-state index contributed by atoms with van der Waals surface area (Å²) in [6, 6.07) is 5.86. The lowest BCUT2D eigenvalue weighted by Crippen LogP contribution is -2.05. The van der Waals surface area contributed by atoms with Gasteiger partial charge in [0.2, 0.25) is 0 Å². The molecular formula is C12H7BrClFO2. The first-order valence-electron chi connectivity index (χ1n) is 4.78. The molecule has 0 atom stereocenters. The van der Waals surface area contributed by atoms with Crippen molar-refractivity contribution in [1.29, 1.82) is 0 Å².